The van der Waals surface area contributed by atoms with Crippen molar-refractivity contribution in [3.8, 4) is 0 Å². The quantitative estimate of drug-likeness (QED) is 0.0334. The van der Waals surface area contributed by atoms with Crippen LogP contribution in [0.25, 0.3) is 0 Å². The molecule has 3 aliphatic heterocycles. The third-order valence-electron chi connectivity index (χ3n) is 13.1. The molecule has 8 rings (SSSR count). The lowest BCUT2D eigenvalue weighted by Crippen LogP contribution is -2.67. The van der Waals surface area contributed by atoms with Crippen molar-refractivity contribution in [2.75, 3.05) is 51.2 Å². The highest BCUT2D eigenvalue weighted by molar-refractivity contribution is 8.00. The minimum atomic E-state index is -1.83. The summed E-state index contributed by atoms with van der Waals surface area (Å²) in [6.07, 6.45) is -3.76. The van der Waals surface area contributed by atoms with Crippen molar-refractivity contribution in [3.05, 3.63) is 179 Å². The first kappa shape index (κ1) is 57.9. The fourth-order valence-electron chi connectivity index (χ4n) is 9.40. The number of esters is 3. The van der Waals surface area contributed by atoms with E-state index < -0.39 is 114 Å². The zero-order chi connectivity index (χ0) is 58.0. The topological polar surface area (TPSA) is 276 Å². The van der Waals surface area contributed by atoms with Crippen LogP contribution in [0.15, 0.2) is 151 Å². The van der Waals surface area contributed by atoms with E-state index >= 15 is 0 Å². The van der Waals surface area contributed by atoms with Gasteiger partial charge < -0.3 is 44.4 Å². The first-order valence-corrected chi connectivity index (χ1v) is 26.4. The maximum Gasteiger partial charge on any atom is 0.412 e. The number of nitrogens with zero attached hydrogens (tertiary/aromatic N) is 2. The lowest BCUT2D eigenvalue weighted by molar-refractivity contribution is -0.164. The standard InChI is InChI=1S/C58H59N7O15S/c1-34(66)77-32-39-45(51(69)79-46(35-20-10-7-11-21-35)36-22-12-8-13-23-36)65-49(68)47(75-5)50(65)81-48(39)63-44(67)30-59-53(71)64-31-43(60-54(64)72)38-26-16-18-28-41(38)61-55(73)78-33-58(52(70)76-6,37-24-14-9-15-25-37)40-27-17-19-29-42(40)62-56(74)80-57(2,3)4/h7-29,43,46-48,50H,30-33H2,1-6H3,(H,59,71)(H,60,72)(H,61,73)(H,62,74)(H,63,67)/t43?,47-,48+,50+,58?/m1/s1. The van der Waals surface area contributed by atoms with Crippen molar-refractivity contribution in [2.45, 2.75) is 67.7 Å². The molecule has 81 heavy (non-hydrogen) atoms. The fourth-order valence-corrected chi connectivity index (χ4v) is 10.9. The molecule has 5 N–H and O–H groups in total. The number of rotatable bonds is 18. The van der Waals surface area contributed by atoms with Gasteiger partial charge in [0.1, 0.15) is 35.3 Å². The molecular formula is C58H59N7O15S. The first-order chi connectivity index (χ1) is 38.8. The SMILES string of the molecule is COC(=O)C(COC(=O)Nc1ccccc1C1CN(C(=O)NCC(=O)N[C@H]2S[C@H]3[C@H](OC)C(=O)N3C(C(=O)OC(c3ccccc3)c3ccccc3)=C2COC(C)=O)C(=O)N1)(c1ccccc1)c1ccccc1NC(=O)OC(C)(C)C. The molecule has 5 aromatic carbocycles. The van der Waals surface area contributed by atoms with Crippen LogP contribution in [-0.4, -0.2) is 127 Å². The second-order valence-electron chi connectivity index (χ2n) is 19.6. The van der Waals surface area contributed by atoms with Gasteiger partial charge in [0.25, 0.3) is 5.91 Å². The molecule has 3 aliphatic rings. The Morgan fingerprint density at radius 2 is 1.33 bits per heavy atom. The van der Waals surface area contributed by atoms with Gasteiger partial charge in [0.05, 0.1) is 26.2 Å². The monoisotopic (exact) mass is 1130 g/mol. The van der Waals surface area contributed by atoms with Gasteiger partial charge in [-0.05, 0) is 55.2 Å². The van der Waals surface area contributed by atoms with Crippen LogP contribution < -0.4 is 26.6 Å². The van der Waals surface area contributed by atoms with Gasteiger partial charge in [-0.25, -0.2) is 28.9 Å². The second-order valence-corrected chi connectivity index (χ2v) is 20.8. The predicted octanol–water partition coefficient (Wildman–Crippen LogP) is 7.04. The number of ether oxygens (including phenoxy) is 6. The maximum atomic E-state index is 14.5. The summed E-state index contributed by atoms with van der Waals surface area (Å²) in [6, 6.07) is 36.5. The molecule has 2 fully saturated rings. The van der Waals surface area contributed by atoms with Crippen LogP contribution in [0.5, 0.6) is 0 Å². The molecule has 0 aliphatic carbocycles. The van der Waals surface area contributed by atoms with Crippen molar-refractivity contribution in [2.24, 2.45) is 0 Å². The zero-order valence-corrected chi connectivity index (χ0v) is 45.7. The Bertz CT molecular complexity index is 3190. The van der Waals surface area contributed by atoms with Crippen LogP contribution in [0.1, 0.15) is 67.7 Å². The Morgan fingerprint density at radius 3 is 1.95 bits per heavy atom. The van der Waals surface area contributed by atoms with Crippen LogP contribution >= 0.6 is 11.8 Å². The Morgan fingerprint density at radius 1 is 0.741 bits per heavy atom. The normalized spacial score (nSPS) is 18.2. The number of thioether (sulfide) groups is 1. The van der Waals surface area contributed by atoms with E-state index in [0.717, 1.165) is 23.6 Å². The van der Waals surface area contributed by atoms with Gasteiger partial charge in [-0.2, -0.15) is 0 Å². The summed E-state index contributed by atoms with van der Waals surface area (Å²) < 4.78 is 33.7. The Labute approximate surface area is 470 Å². The number of anilines is 2. The summed E-state index contributed by atoms with van der Waals surface area (Å²) in [4.78, 5) is 124. The lowest BCUT2D eigenvalue weighted by Gasteiger charge is -2.50. The number of hydrogen-bond acceptors (Lipinski definition) is 16. The van der Waals surface area contributed by atoms with Gasteiger partial charge in [0.2, 0.25) is 5.91 Å². The molecule has 23 heteroatoms. The van der Waals surface area contributed by atoms with E-state index in [9.17, 15) is 43.2 Å². The summed E-state index contributed by atoms with van der Waals surface area (Å²) >= 11 is 1.04. The maximum absolute atomic E-state index is 14.5. The van der Waals surface area contributed by atoms with Gasteiger partial charge in [0.15, 0.2) is 17.6 Å². The number of urea groups is 2. The summed E-state index contributed by atoms with van der Waals surface area (Å²) in [5.41, 5.74) is -0.356. The molecule has 22 nitrogen and oxygen atoms in total. The average Bonchev–Trinajstić information content (AvgIpc) is 4.03. The molecule has 5 aromatic rings. The zero-order valence-electron chi connectivity index (χ0n) is 44.9. The smallest absolute Gasteiger partial charge is 0.412 e. The first-order valence-electron chi connectivity index (χ1n) is 25.4. The van der Waals surface area contributed by atoms with E-state index in [1.54, 1.807) is 154 Å². The molecule has 0 aromatic heterocycles. The van der Waals surface area contributed by atoms with Gasteiger partial charge >= 0.3 is 42.2 Å². The van der Waals surface area contributed by atoms with Crippen LogP contribution in [0.3, 0.4) is 0 Å². The minimum absolute atomic E-state index is 0.0220. The van der Waals surface area contributed by atoms with Crippen molar-refractivity contribution in [1.29, 1.82) is 0 Å². The third kappa shape index (κ3) is 13.1. The number of imide groups is 1. The Hall–Kier alpha value is -9.22. The van der Waals surface area contributed by atoms with E-state index in [1.165, 1.54) is 25.2 Å². The van der Waals surface area contributed by atoms with Gasteiger partial charge in [0, 0.05) is 36.5 Å². The Balaban J connectivity index is 0.957. The van der Waals surface area contributed by atoms with E-state index in [0.29, 0.717) is 22.3 Å². The number of methoxy groups -OCH3 is 2. The van der Waals surface area contributed by atoms with Crippen LogP contribution in [-0.2, 0) is 57.8 Å². The minimum Gasteiger partial charge on any atom is -0.468 e. The highest BCUT2D eigenvalue weighted by Crippen LogP contribution is 2.46. The molecule has 0 bridgehead atoms. The second kappa shape index (κ2) is 25.3. The van der Waals surface area contributed by atoms with E-state index in [-0.39, 0.29) is 34.8 Å². The largest absolute Gasteiger partial charge is 0.468 e. The fraction of sp³-hybridized carbons (Fsp3) is 0.293. The number of hydrogen-bond donors (Lipinski definition) is 5. The van der Waals surface area contributed by atoms with Crippen molar-refractivity contribution in [1.82, 2.24) is 25.8 Å². The molecule has 2 saturated heterocycles. The van der Waals surface area contributed by atoms with Gasteiger partial charge in [-0.15, -0.1) is 11.8 Å². The lowest BCUT2D eigenvalue weighted by atomic mass is 9.74. The number of carbonyl (C=O) groups is 9. The Kier molecular flexibility index (Phi) is 18.1. The number of fused-ring (bicyclic) bond motifs is 1. The highest BCUT2D eigenvalue weighted by Gasteiger charge is 2.57. The molecule has 0 radical (unpaired) electrons. The molecule has 2 unspecified atom stereocenters. The van der Waals surface area contributed by atoms with Crippen molar-refractivity contribution < 1.29 is 71.6 Å². The molecule has 0 saturated carbocycles. The molecule has 3 heterocycles. The van der Waals surface area contributed by atoms with Gasteiger partial charge in [-0.1, -0.05) is 127 Å². The van der Waals surface area contributed by atoms with E-state index in [4.69, 9.17) is 28.4 Å². The van der Waals surface area contributed by atoms with Crippen LogP contribution in [0, 0.1) is 0 Å². The van der Waals surface area contributed by atoms with Gasteiger partial charge in [-0.3, -0.25) is 34.7 Å². The third-order valence-corrected chi connectivity index (χ3v) is 14.5. The predicted molar refractivity (Wildman–Crippen MR) is 294 cm³/mol. The molecule has 8 amide bonds. The molecule has 422 valence electrons. The van der Waals surface area contributed by atoms with Crippen molar-refractivity contribution >= 4 is 77.1 Å². The van der Waals surface area contributed by atoms with Crippen molar-refractivity contribution in [3.63, 3.8) is 0 Å². The number of nitrogens with one attached hydrogen (secondary N) is 5. The number of carbonyl (C=O) groups excluding carboxylic acids is 9. The van der Waals surface area contributed by atoms with Crippen LogP contribution in [0.4, 0.5) is 30.6 Å². The molecule has 5 atom stereocenters. The number of para-hydroxylation sites is 2. The summed E-state index contributed by atoms with van der Waals surface area (Å²) in [6.45, 7) is 4.15. The molecule has 0 spiro atoms. The summed E-state index contributed by atoms with van der Waals surface area (Å²) in [5.74, 6) is -3.83. The number of benzene rings is 5. The van der Waals surface area contributed by atoms with E-state index in [1.807, 2.05) is 0 Å². The summed E-state index contributed by atoms with van der Waals surface area (Å²) in [5, 5.41) is 11.4. The molecular weight excluding hydrogens is 1070 g/mol. The number of amides is 8. The average molecular weight is 1130 g/mol. The number of β-lactam (4-membered cyclic amide) rings is 1. The van der Waals surface area contributed by atoms with E-state index in [2.05, 4.69) is 26.6 Å². The highest BCUT2D eigenvalue weighted by atomic mass is 32.2. The summed E-state index contributed by atoms with van der Waals surface area (Å²) in [7, 11) is 2.51. The van der Waals surface area contributed by atoms with Crippen LogP contribution in [0.2, 0.25) is 0 Å².